The van der Waals surface area contributed by atoms with E-state index < -0.39 is 0 Å². The fourth-order valence-corrected chi connectivity index (χ4v) is 4.22. The largest absolute Gasteiger partial charge is 0.325 e. The SMILES string of the molecule is CCc1cccc(C)c1NC(=O)CSc1nc(-c2ccc(F)cc2)cs1. The molecule has 0 aliphatic heterocycles. The Bertz CT molecular complexity index is 906. The average Bonchev–Trinajstić information content (AvgIpc) is 3.11. The van der Waals surface area contributed by atoms with Crippen LogP contribution in [0.25, 0.3) is 11.3 Å². The molecule has 0 spiro atoms. The number of rotatable bonds is 6. The molecule has 3 aromatic rings. The first kappa shape index (κ1) is 18.6. The molecule has 3 nitrogen and oxygen atoms in total. The normalized spacial score (nSPS) is 10.7. The third-order valence-corrected chi connectivity index (χ3v) is 5.98. The van der Waals surface area contributed by atoms with E-state index in [1.165, 1.54) is 35.2 Å². The van der Waals surface area contributed by atoms with Crippen molar-refractivity contribution in [2.24, 2.45) is 0 Å². The maximum atomic E-state index is 13.0. The minimum absolute atomic E-state index is 0.0440. The Balaban J connectivity index is 1.61. The molecular formula is C20H19FN2OS2. The number of thioether (sulfide) groups is 1. The van der Waals surface area contributed by atoms with E-state index in [0.29, 0.717) is 5.75 Å². The van der Waals surface area contributed by atoms with Crippen LogP contribution < -0.4 is 5.32 Å². The Morgan fingerprint density at radius 1 is 1.23 bits per heavy atom. The van der Waals surface area contributed by atoms with Crippen molar-refractivity contribution in [2.45, 2.75) is 24.6 Å². The summed E-state index contributed by atoms with van der Waals surface area (Å²) in [5.74, 6) is -0.0103. The van der Waals surface area contributed by atoms with Gasteiger partial charge in [-0.05, 0) is 48.7 Å². The first-order chi connectivity index (χ1) is 12.6. The Kier molecular flexibility index (Phi) is 6.06. The summed E-state index contributed by atoms with van der Waals surface area (Å²) in [4.78, 5) is 16.8. The van der Waals surface area contributed by atoms with E-state index in [-0.39, 0.29) is 11.7 Å². The summed E-state index contributed by atoms with van der Waals surface area (Å²) in [6.45, 7) is 4.07. The molecule has 1 heterocycles. The van der Waals surface area contributed by atoms with Crippen molar-refractivity contribution in [3.8, 4) is 11.3 Å². The van der Waals surface area contributed by atoms with Gasteiger partial charge in [0.1, 0.15) is 5.82 Å². The lowest BCUT2D eigenvalue weighted by Crippen LogP contribution is -2.16. The molecule has 3 rings (SSSR count). The summed E-state index contributed by atoms with van der Waals surface area (Å²) < 4.78 is 13.8. The highest BCUT2D eigenvalue weighted by Crippen LogP contribution is 2.29. The quantitative estimate of drug-likeness (QED) is 0.565. The molecule has 0 aliphatic carbocycles. The fourth-order valence-electron chi connectivity index (χ4n) is 2.58. The molecule has 1 N–H and O–H groups in total. The van der Waals surface area contributed by atoms with E-state index in [1.54, 1.807) is 12.1 Å². The van der Waals surface area contributed by atoms with Crippen LogP contribution in [0.15, 0.2) is 52.2 Å². The van der Waals surface area contributed by atoms with Crippen LogP contribution in [0.4, 0.5) is 10.1 Å². The lowest BCUT2D eigenvalue weighted by atomic mass is 10.1. The highest BCUT2D eigenvalue weighted by Gasteiger charge is 2.11. The molecule has 0 atom stereocenters. The monoisotopic (exact) mass is 386 g/mol. The summed E-state index contributed by atoms with van der Waals surface area (Å²) in [5, 5.41) is 4.94. The molecule has 2 aromatic carbocycles. The molecule has 0 bridgehead atoms. The van der Waals surface area contributed by atoms with Crippen molar-refractivity contribution in [3.63, 3.8) is 0 Å². The standard InChI is InChI=1S/C20H19FN2OS2/c1-3-14-6-4-5-13(2)19(14)23-18(24)12-26-20-22-17(11-25-20)15-7-9-16(21)10-8-15/h4-11H,3,12H2,1-2H3,(H,23,24). The number of carbonyl (C=O) groups excluding carboxylic acids is 1. The number of nitrogens with zero attached hydrogens (tertiary/aromatic N) is 1. The maximum absolute atomic E-state index is 13.0. The molecule has 1 aromatic heterocycles. The summed E-state index contributed by atoms with van der Waals surface area (Å²) in [6, 6.07) is 12.3. The van der Waals surface area contributed by atoms with E-state index in [0.717, 1.165) is 38.8 Å². The van der Waals surface area contributed by atoms with Gasteiger partial charge in [-0.15, -0.1) is 11.3 Å². The first-order valence-corrected chi connectivity index (χ1v) is 10.2. The molecule has 26 heavy (non-hydrogen) atoms. The molecule has 0 saturated heterocycles. The van der Waals surface area contributed by atoms with Crippen LogP contribution >= 0.6 is 23.1 Å². The van der Waals surface area contributed by atoms with Crippen LogP contribution in [0.5, 0.6) is 0 Å². The van der Waals surface area contributed by atoms with Crippen molar-refractivity contribution < 1.29 is 9.18 Å². The lowest BCUT2D eigenvalue weighted by Gasteiger charge is -2.12. The number of hydrogen-bond donors (Lipinski definition) is 1. The van der Waals surface area contributed by atoms with Gasteiger partial charge in [0, 0.05) is 16.6 Å². The number of anilines is 1. The predicted octanol–water partition coefficient (Wildman–Crippen LogP) is 5.55. The van der Waals surface area contributed by atoms with Gasteiger partial charge in [0.05, 0.1) is 11.4 Å². The van der Waals surface area contributed by atoms with Crippen molar-refractivity contribution in [3.05, 3.63) is 64.8 Å². The highest BCUT2D eigenvalue weighted by molar-refractivity contribution is 8.01. The molecule has 0 radical (unpaired) electrons. The molecule has 1 amide bonds. The Morgan fingerprint density at radius 3 is 2.73 bits per heavy atom. The zero-order chi connectivity index (χ0) is 18.5. The number of amides is 1. The predicted molar refractivity (Wildman–Crippen MR) is 107 cm³/mol. The Hall–Kier alpha value is -2.18. The number of hydrogen-bond acceptors (Lipinski definition) is 4. The van der Waals surface area contributed by atoms with Crippen LogP contribution in [0.2, 0.25) is 0 Å². The number of benzene rings is 2. The fraction of sp³-hybridized carbons (Fsp3) is 0.200. The Labute approximate surface area is 160 Å². The van der Waals surface area contributed by atoms with Gasteiger partial charge in [0.25, 0.3) is 0 Å². The second kappa shape index (κ2) is 8.47. The molecule has 134 valence electrons. The third-order valence-electron chi connectivity index (χ3n) is 3.95. The first-order valence-electron chi connectivity index (χ1n) is 8.29. The molecule has 0 unspecified atom stereocenters. The van der Waals surface area contributed by atoms with Crippen LogP contribution in [0, 0.1) is 12.7 Å². The number of aryl methyl sites for hydroxylation is 2. The minimum Gasteiger partial charge on any atom is -0.325 e. The van der Waals surface area contributed by atoms with Crippen LogP contribution in [0.1, 0.15) is 18.1 Å². The van der Waals surface area contributed by atoms with Gasteiger partial charge in [-0.1, -0.05) is 36.9 Å². The summed E-state index contributed by atoms with van der Waals surface area (Å²) in [5.41, 5.74) is 4.77. The van der Waals surface area contributed by atoms with Crippen molar-refractivity contribution >= 4 is 34.7 Å². The average molecular weight is 387 g/mol. The molecule has 6 heteroatoms. The summed E-state index contributed by atoms with van der Waals surface area (Å²) in [6.07, 6.45) is 0.873. The smallest absolute Gasteiger partial charge is 0.234 e. The van der Waals surface area contributed by atoms with Gasteiger partial charge in [-0.25, -0.2) is 9.37 Å². The molecule has 0 fully saturated rings. The van der Waals surface area contributed by atoms with Crippen LogP contribution in [-0.2, 0) is 11.2 Å². The number of carbonyl (C=O) groups is 1. The summed E-state index contributed by atoms with van der Waals surface area (Å²) in [7, 11) is 0. The van der Waals surface area contributed by atoms with E-state index in [1.807, 2.05) is 30.5 Å². The van der Waals surface area contributed by atoms with Crippen LogP contribution in [0.3, 0.4) is 0 Å². The molecular weight excluding hydrogens is 367 g/mol. The van der Waals surface area contributed by atoms with Gasteiger partial charge >= 0.3 is 0 Å². The number of halogens is 1. The van der Waals surface area contributed by atoms with Gasteiger partial charge in [0.2, 0.25) is 5.91 Å². The second-order valence-electron chi connectivity index (χ2n) is 5.80. The van der Waals surface area contributed by atoms with Crippen molar-refractivity contribution in [1.29, 1.82) is 0 Å². The van der Waals surface area contributed by atoms with Gasteiger partial charge in [-0.3, -0.25) is 4.79 Å². The third kappa shape index (κ3) is 4.51. The van der Waals surface area contributed by atoms with E-state index in [4.69, 9.17) is 0 Å². The summed E-state index contributed by atoms with van der Waals surface area (Å²) >= 11 is 2.89. The van der Waals surface area contributed by atoms with Gasteiger partial charge in [-0.2, -0.15) is 0 Å². The highest BCUT2D eigenvalue weighted by atomic mass is 32.2. The van der Waals surface area contributed by atoms with E-state index in [9.17, 15) is 9.18 Å². The number of nitrogens with one attached hydrogen (secondary N) is 1. The van der Waals surface area contributed by atoms with Crippen molar-refractivity contribution in [1.82, 2.24) is 4.98 Å². The maximum Gasteiger partial charge on any atom is 0.234 e. The number of aromatic nitrogens is 1. The minimum atomic E-state index is -0.266. The Morgan fingerprint density at radius 2 is 2.00 bits per heavy atom. The topological polar surface area (TPSA) is 42.0 Å². The van der Waals surface area contributed by atoms with E-state index in [2.05, 4.69) is 17.2 Å². The van der Waals surface area contributed by atoms with Crippen LogP contribution in [-0.4, -0.2) is 16.6 Å². The second-order valence-corrected chi connectivity index (χ2v) is 7.89. The lowest BCUT2D eigenvalue weighted by molar-refractivity contribution is -0.113. The number of thiazole rings is 1. The zero-order valence-corrected chi connectivity index (χ0v) is 16.2. The van der Waals surface area contributed by atoms with Crippen molar-refractivity contribution in [2.75, 3.05) is 11.1 Å². The van der Waals surface area contributed by atoms with E-state index >= 15 is 0 Å². The molecule has 0 saturated carbocycles. The molecule has 0 aliphatic rings. The zero-order valence-electron chi connectivity index (χ0n) is 14.6. The number of para-hydroxylation sites is 1. The van der Waals surface area contributed by atoms with Gasteiger partial charge < -0.3 is 5.32 Å². The van der Waals surface area contributed by atoms with Gasteiger partial charge in [0.15, 0.2) is 4.34 Å².